The summed E-state index contributed by atoms with van der Waals surface area (Å²) in [5.74, 6) is 1.82. The molecule has 1 fully saturated rings. The number of amides is 1. The van der Waals surface area contributed by atoms with Crippen molar-refractivity contribution in [1.29, 1.82) is 0 Å². The fraction of sp³-hybridized carbons (Fsp3) is 0.308. The largest absolute Gasteiger partial charge is 0.481 e. The van der Waals surface area contributed by atoms with Crippen LogP contribution in [-0.2, 0) is 17.8 Å². The van der Waals surface area contributed by atoms with Crippen molar-refractivity contribution in [3.05, 3.63) is 64.7 Å². The lowest BCUT2D eigenvalue weighted by Gasteiger charge is -2.15. The number of halogens is 1. The number of aryl methyl sites for hydroxylation is 1. The van der Waals surface area contributed by atoms with Gasteiger partial charge in [-0.3, -0.25) is 4.79 Å². The number of hydrogen-bond acceptors (Lipinski definition) is 5. The fourth-order valence-electron chi connectivity index (χ4n) is 4.51. The molecule has 3 heterocycles. The third kappa shape index (κ3) is 4.60. The van der Waals surface area contributed by atoms with E-state index in [-0.39, 0.29) is 11.9 Å². The Morgan fingerprint density at radius 1 is 1.12 bits per heavy atom. The van der Waals surface area contributed by atoms with Gasteiger partial charge < -0.3 is 15.4 Å². The van der Waals surface area contributed by atoms with E-state index in [2.05, 4.69) is 34.9 Å². The Labute approximate surface area is 203 Å². The third-order valence-electron chi connectivity index (χ3n) is 6.20. The standard InChI is InChI=1S/C26H26ClN3O2S/c1-32-26-17(14-28-15-18-9-11-23(31)29-18)8-10-22(30-26)21-7-3-5-19(24(21)27)20-6-2-4-16-12-13-33-25(16)20/h2-8,10,18,28H,9,11-15H2,1H3,(H,29,31)/t18-/m0/s1. The Balaban J connectivity index is 1.39. The number of methoxy groups -OCH3 is 1. The van der Waals surface area contributed by atoms with Crippen LogP contribution in [0.2, 0.25) is 5.02 Å². The van der Waals surface area contributed by atoms with Gasteiger partial charge in [0.15, 0.2) is 0 Å². The smallest absolute Gasteiger partial charge is 0.220 e. The number of carbonyl (C=O) groups is 1. The second-order valence-electron chi connectivity index (χ2n) is 8.36. The van der Waals surface area contributed by atoms with Crippen molar-refractivity contribution in [2.75, 3.05) is 19.4 Å². The molecule has 1 aromatic heterocycles. The highest BCUT2D eigenvalue weighted by atomic mass is 35.5. The molecule has 0 saturated carbocycles. The number of ether oxygens (including phenoxy) is 1. The summed E-state index contributed by atoms with van der Waals surface area (Å²) in [7, 11) is 1.63. The average molecular weight is 480 g/mol. The summed E-state index contributed by atoms with van der Waals surface area (Å²) in [5, 5.41) is 7.08. The lowest BCUT2D eigenvalue weighted by Crippen LogP contribution is -2.35. The minimum Gasteiger partial charge on any atom is -0.481 e. The van der Waals surface area contributed by atoms with Crippen LogP contribution in [0.5, 0.6) is 5.88 Å². The molecule has 0 unspecified atom stereocenters. The molecule has 1 atom stereocenters. The van der Waals surface area contributed by atoms with Gasteiger partial charge in [-0.05, 0) is 30.0 Å². The predicted octanol–water partition coefficient (Wildman–Crippen LogP) is 5.09. The number of carbonyl (C=O) groups excluding carboxylic acids is 1. The second kappa shape index (κ2) is 9.75. The zero-order valence-corrected chi connectivity index (χ0v) is 20.1. The summed E-state index contributed by atoms with van der Waals surface area (Å²) in [6.45, 7) is 1.34. The number of aromatic nitrogens is 1. The SMILES string of the molecule is COc1nc(-c2cccc(-c3cccc4c3SCC4)c2Cl)ccc1CNC[C@@H]1CCC(=O)N1. The molecule has 0 radical (unpaired) electrons. The lowest BCUT2D eigenvalue weighted by atomic mass is 9.98. The van der Waals surface area contributed by atoms with Crippen LogP contribution >= 0.6 is 23.4 Å². The minimum absolute atomic E-state index is 0.128. The van der Waals surface area contributed by atoms with E-state index < -0.39 is 0 Å². The molecule has 2 aromatic carbocycles. The van der Waals surface area contributed by atoms with E-state index in [0.29, 0.717) is 23.9 Å². The van der Waals surface area contributed by atoms with Crippen LogP contribution in [0, 0.1) is 0 Å². The second-order valence-corrected chi connectivity index (χ2v) is 9.84. The van der Waals surface area contributed by atoms with Crippen LogP contribution in [0.15, 0.2) is 53.4 Å². The summed E-state index contributed by atoms with van der Waals surface area (Å²) >= 11 is 8.85. The van der Waals surface area contributed by atoms with Gasteiger partial charge >= 0.3 is 0 Å². The van der Waals surface area contributed by atoms with Crippen LogP contribution in [0.4, 0.5) is 0 Å². The molecule has 170 valence electrons. The maximum Gasteiger partial charge on any atom is 0.220 e. The molecule has 0 bridgehead atoms. The van der Waals surface area contributed by atoms with Crippen molar-refractivity contribution in [2.45, 2.75) is 36.7 Å². The quantitative estimate of drug-likeness (QED) is 0.494. The van der Waals surface area contributed by atoms with E-state index in [1.54, 1.807) is 7.11 Å². The van der Waals surface area contributed by atoms with E-state index in [9.17, 15) is 4.79 Å². The maximum atomic E-state index is 11.4. The van der Waals surface area contributed by atoms with E-state index in [0.717, 1.165) is 47.5 Å². The van der Waals surface area contributed by atoms with Gasteiger partial charge in [-0.1, -0.05) is 54.1 Å². The first kappa shape index (κ1) is 22.3. The van der Waals surface area contributed by atoms with Crippen LogP contribution in [0.25, 0.3) is 22.4 Å². The van der Waals surface area contributed by atoms with Gasteiger partial charge in [-0.2, -0.15) is 0 Å². The van der Waals surface area contributed by atoms with Gasteiger partial charge in [0.05, 0.1) is 17.8 Å². The number of nitrogens with zero attached hydrogens (tertiary/aromatic N) is 1. The van der Waals surface area contributed by atoms with Crippen LogP contribution in [0.1, 0.15) is 24.0 Å². The first-order valence-corrected chi connectivity index (χ1v) is 12.6. The van der Waals surface area contributed by atoms with Gasteiger partial charge in [-0.25, -0.2) is 4.98 Å². The van der Waals surface area contributed by atoms with Crippen molar-refractivity contribution in [3.8, 4) is 28.3 Å². The topological polar surface area (TPSA) is 63.2 Å². The number of thioether (sulfide) groups is 1. The third-order valence-corrected chi connectivity index (χ3v) is 7.79. The zero-order valence-electron chi connectivity index (χ0n) is 18.5. The summed E-state index contributed by atoms with van der Waals surface area (Å²) in [6.07, 6.45) is 2.58. The predicted molar refractivity (Wildman–Crippen MR) is 134 cm³/mol. The Morgan fingerprint density at radius 3 is 2.76 bits per heavy atom. The van der Waals surface area contributed by atoms with Gasteiger partial charge in [0.2, 0.25) is 11.8 Å². The van der Waals surface area contributed by atoms with E-state index in [1.807, 2.05) is 36.0 Å². The van der Waals surface area contributed by atoms with E-state index in [4.69, 9.17) is 21.3 Å². The fourth-order valence-corrected chi connectivity index (χ4v) is 6.05. The Kier molecular flexibility index (Phi) is 6.58. The molecule has 1 amide bonds. The summed E-state index contributed by atoms with van der Waals surface area (Å²) in [6, 6.07) is 16.8. The lowest BCUT2D eigenvalue weighted by molar-refractivity contribution is -0.119. The van der Waals surface area contributed by atoms with Crippen molar-refractivity contribution in [3.63, 3.8) is 0 Å². The number of nitrogens with one attached hydrogen (secondary N) is 2. The van der Waals surface area contributed by atoms with Gasteiger partial charge in [0, 0.05) is 52.9 Å². The van der Waals surface area contributed by atoms with Gasteiger partial charge in [-0.15, -0.1) is 11.8 Å². The average Bonchev–Trinajstić information content (AvgIpc) is 3.48. The highest BCUT2D eigenvalue weighted by Crippen LogP contribution is 2.44. The molecule has 5 nitrogen and oxygen atoms in total. The Bertz CT molecular complexity index is 1200. The first-order valence-electron chi connectivity index (χ1n) is 11.2. The molecule has 0 spiro atoms. The molecule has 1 saturated heterocycles. The molecule has 33 heavy (non-hydrogen) atoms. The first-order chi connectivity index (χ1) is 16.1. The molecule has 0 aliphatic carbocycles. The number of rotatable bonds is 7. The van der Waals surface area contributed by atoms with Gasteiger partial charge in [0.1, 0.15) is 0 Å². The van der Waals surface area contributed by atoms with Crippen molar-refractivity contribution >= 4 is 29.3 Å². The Hall–Kier alpha value is -2.54. The molecule has 7 heteroatoms. The molecule has 2 aliphatic heterocycles. The molecule has 2 N–H and O–H groups in total. The van der Waals surface area contributed by atoms with Crippen LogP contribution in [-0.4, -0.2) is 36.3 Å². The molecule has 3 aromatic rings. The molecule has 5 rings (SSSR count). The summed E-state index contributed by atoms with van der Waals surface area (Å²) in [5.41, 5.74) is 6.26. The number of hydrogen-bond donors (Lipinski definition) is 2. The number of pyridine rings is 1. The molecular weight excluding hydrogens is 454 g/mol. The summed E-state index contributed by atoms with van der Waals surface area (Å²) < 4.78 is 5.60. The van der Waals surface area contributed by atoms with Crippen molar-refractivity contribution in [2.24, 2.45) is 0 Å². The number of fused-ring (bicyclic) bond motifs is 1. The maximum absolute atomic E-state index is 11.4. The highest BCUT2D eigenvalue weighted by Gasteiger charge is 2.21. The van der Waals surface area contributed by atoms with Crippen molar-refractivity contribution in [1.82, 2.24) is 15.6 Å². The minimum atomic E-state index is 0.128. The van der Waals surface area contributed by atoms with Crippen molar-refractivity contribution < 1.29 is 9.53 Å². The summed E-state index contributed by atoms with van der Waals surface area (Å²) in [4.78, 5) is 17.5. The van der Waals surface area contributed by atoms with Crippen LogP contribution in [0.3, 0.4) is 0 Å². The molecular formula is C26H26ClN3O2S. The highest BCUT2D eigenvalue weighted by molar-refractivity contribution is 7.99. The van der Waals surface area contributed by atoms with E-state index in [1.165, 1.54) is 16.0 Å². The Morgan fingerprint density at radius 2 is 1.94 bits per heavy atom. The zero-order chi connectivity index (χ0) is 22.8. The normalized spacial score (nSPS) is 17.2. The monoisotopic (exact) mass is 479 g/mol. The number of benzene rings is 2. The van der Waals surface area contributed by atoms with Gasteiger partial charge in [0.25, 0.3) is 0 Å². The van der Waals surface area contributed by atoms with E-state index >= 15 is 0 Å². The van der Waals surface area contributed by atoms with Crippen LogP contribution < -0.4 is 15.4 Å². The molecule has 2 aliphatic rings.